The summed E-state index contributed by atoms with van der Waals surface area (Å²) in [5.41, 5.74) is 0. The SMILES string of the molecule is COCC(C)OC(=O)C1CCNC1. The predicted molar refractivity (Wildman–Crippen MR) is 48.4 cm³/mol. The number of hydrogen-bond donors (Lipinski definition) is 1. The van der Waals surface area contributed by atoms with Crippen LogP contribution in [0.25, 0.3) is 0 Å². The number of hydrogen-bond acceptors (Lipinski definition) is 4. The van der Waals surface area contributed by atoms with Gasteiger partial charge in [0, 0.05) is 13.7 Å². The van der Waals surface area contributed by atoms with E-state index in [-0.39, 0.29) is 18.0 Å². The lowest BCUT2D eigenvalue weighted by Gasteiger charge is -2.14. The maximum Gasteiger partial charge on any atom is 0.310 e. The van der Waals surface area contributed by atoms with E-state index < -0.39 is 0 Å². The van der Waals surface area contributed by atoms with Gasteiger partial charge in [0.2, 0.25) is 0 Å². The van der Waals surface area contributed by atoms with Gasteiger partial charge in [0.25, 0.3) is 0 Å². The lowest BCUT2D eigenvalue weighted by atomic mass is 10.1. The number of carbonyl (C=O) groups excluding carboxylic acids is 1. The van der Waals surface area contributed by atoms with E-state index >= 15 is 0 Å². The standard InChI is InChI=1S/C9H17NO3/c1-7(6-12-2)13-9(11)8-3-4-10-5-8/h7-8,10H,3-6H2,1-2H3. The molecular formula is C9H17NO3. The minimum absolute atomic E-state index is 0.0410. The van der Waals surface area contributed by atoms with Crippen molar-refractivity contribution in [1.29, 1.82) is 0 Å². The molecule has 4 nitrogen and oxygen atoms in total. The first-order valence-electron chi connectivity index (χ1n) is 4.64. The Kier molecular flexibility index (Phi) is 4.18. The summed E-state index contributed by atoms with van der Waals surface area (Å²) >= 11 is 0. The summed E-state index contributed by atoms with van der Waals surface area (Å²) in [6.45, 7) is 3.96. The van der Waals surface area contributed by atoms with Crippen molar-refractivity contribution in [2.45, 2.75) is 19.4 Å². The third-order valence-corrected chi connectivity index (χ3v) is 2.11. The number of esters is 1. The summed E-state index contributed by atoms with van der Waals surface area (Å²) in [4.78, 5) is 11.4. The summed E-state index contributed by atoms with van der Waals surface area (Å²) in [6, 6.07) is 0. The highest BCUT2D eigenvalue weighted by Crippen LogP contribution is 2.10. The molecule has 0 bridgehead atoms. The third kappa shape index (κ3) is 3.32. The molecule has 1 heterocycles. The molecule has 0 radical (unpaired) electrons. The normalized spacial score (nSPS) is 24.3. The van der Waals surface area contributed by atoms with Gasteiger partial charge in [-0.3, -0.25) is 4.79 Å². The molecule has 13 heavy (non-hydrogen) atoms. The first kappa shape index (κ1) is 10.5. The number of methoxy groups -OCH3 is 1. The zero-order chi connectivity index (χ0) is 9.68. The van der Waals surface area contributed by atoms with Crippen molar-refractivity contribution >= 4 is 5.97 Å². The topological polar surface area (TPSA) is 47.6 Å². The van der Waals surface area contributed by atoms with Crippen LogP contribution in [0.1, 0.15) is 13.3 Å². The second-order valence-electron chi connectivity index (χ2n) is 3.39. The number of rotatable bonds is 4. The molecule has 0 aromatic heterocycles. The van der Waals surface area contributed by atoms with E-state index in [1.807, 2.05) is 6.92 Å². The van der Waals surface area contributed by atoms with E-state index in [9.17, 15) is 4.79 Å². The van der Waals surface area contributed by atoms with E-state index in [1.54, 1.807) is 7.11 Å². The van der Waals surface area contributed by atoms with Crippen LogP contribution < -0.4 is 5.32 Å². The minimum Gasteiger partial charge on any atom is -0.460 e. The Morgan fingerprint density at radius 3 is 3.00 bits per heavy atom. The quantitative estimate of drug-likeness (QED) is 0.637. The van der Waals surface area contributed by atoms with Crippen LogP contribution in [0.4, 0.5) is 0 Å². The lowest BCUT2D eigenvalue weighted by Crippen LogP contribution is -2.26. The molecule has 1 N–H and O–H groups in total. The highest BCUT2D eigenvalue weighted by atomic mass is 16.6. The molecule has 1 aliphatic heterocycles. The monoisotopic (exact) mass is 187 g/mol. The van der Waals surface area contributed by atoms with Gasteiger partial charge in [-0.1, -0.05) is 0 Å². The molecule has 2 unspecified atom stereocenters. The van der Waals surface area contributed by atoms with Gasteiger partial charge in [0.05, 0.1) is 12.5 Å². The molecular weight excluding hydrogens is 170 g/mol. The summed E-state index contributed by atoms with van der Waals surface area (Å²) in [5.74, 6) is -0.0612. The van der Waals surface area contributed by atoms with Crippen LogP contribution in [-0.4, -0.2) is 38.9 Å². The number of ether oxygens (including phenoxy) is 2. The van der Waals surface area contributed by atoms with Gasteiger partial charge in [-0.15, -0.1) is 0 Å². The molecule has 0 spiro atoms. The zero-order valence-electron chi connectivity index (χ0n) is 8.21. The van der Waals surface area contributed by atoms with Crippen LogP contribution in [0, 0.1) is 5.92 Å². The van der Waals surface area contributed by atoms with E-state index in [0.717, 1.165) is 19.5 Å². The molecule has 1 aliphatic rings. The fourth-order valence-corrected chi connectivity index (χ4v) is 1.42. The molecule has 0 aromatic rings. The van der Waals surface area contributed by atoms with Crippen molar-refractivity contribution in [3.63, 3.8) is 0 Å². The van der Waals surface area contributed by atoms with Crippen molar-refractivity contribution in [3.05, 3.63) is 0 Å². The molecule has 1 rings (SSSR count). The Labute approximate surface area is 78.6 Å². The van der Waals surface area contributed by atoms with Gasteiger partial charge in [-0.05, 0) is 19.9 Å². The van der Waals surface area contributed by atoms with Crippen molar-refractivity contribution in [2.24, 2.45) is 5.92 Å². The van der Waals surface area contributed by atoms with Crippen LogP contribution in [-0.2, 0) is 14.3 Å². The molecule has 0 amide bonds. The average Bonchev–Trinajstić information content (AvgIpc) is 2.55. The molecule has 2 atom stereocenters. The Morgan fingerprint density at radius 1 is 1.69 bits per heavy atom. The first-order chi connectivity index (χ1) is 6.24. The van der Waals surface area contributed by atoms with Gasteiger partial charge < -0.3 is 14.8 Å². The lowest BCUT2D eigenvalue weighted by molar-refractivity contribution is -0.154. The van der Waals surface area contributed by atoms with Crippen LogP contribution in [0.15, 0.2) is 0 Å². The van der Waals surface area contributed by atoms with Crippen molar-refractivity contribution < 1.29 is 14.3 Å². The smallest absolute Gasteiger partial charge is 0.310 e. The minimum atomic E-state index is -0.141. The predicted octanol–water partition coefficient (Wildman–Crippen LogP) is 0.174. The summed E-state index contributed by atoms with van der Waals surface area (Å²) in [7, 11) is 1.60. The molecule has 0 aromatic carbocycles. The average molecular weight is 187 g/mol. The van der Waals surface area contributed by atoms with Gasteiger partial charge in [-0.25, -0.2) is 0 Å². The Hall–Kier alpha value is -0.610. The van der Waals surface area contributed by atoms with Crippen molar-refractivity contribution in [3.8, 4) is 0 Å². The zero-order valence-corrected chi connectivity index (χ0v) is 8.21. The molecule has 0 aliphatic carbocycles. The van der Waals surface area contributed by atoms with Crippen molar-refractivity contribution in [2.75, 3.05) is 26.8 Å². The highest BCUT2D eigenvalue weighted by Gasteiger charge is 2.24. The summed E-state index contributed by atoms with van der Waals surface area (Å²) in [5, 5.41) is 3.13. The Balaban J connectivity index is 2.23. The van der Waals surface area contributed by atoms with Crippen LogP contribution >= 0.6 is 0 Å². The summed E-state index contributed by atoms with van der Waals surface area (Å²) in [6.07, 6.45) is 0.747. The van der Waals surface area contributed by atoms with E-state index in [1.165, 1.54) is 0 Å². The van der Waals surface area contributed by atoms with E-state index in [0.29, 0.717) is 6.61 Å². The fourth-order valence-electron chi connectivity index (χ4n) is 1.42. The van der Waals surface area contributed by atoms with Gasteiger partial charge in [-0.2, -0.15) is 0 Å². The maximum atomic E-state index is 11.4. The molecule has 0 saturated carbocycles. The van der Waals surface area contributed by atoms with Gasteiger partial charge in [0.1, 0.15) is 6.10 Å². The van der Waals surface area contributed by atoms with Crippen LogP contribution in [0.3, 0.4) is 0 Å². The van der Waals surface area contributed by atoms with E-state index in [4.69, 9.17) is 9.47 Å². The largest absolute Gasteiger partial charge is 0.460 e. The fraction of sp³-hybridized carbons (Fsp3) is 0.889. The third-order valence-electron chi connectivity index (χ3n) is 2.11. The molecule has 1 fully saturated rings. The number of nitrogens with one attached hydrogen (secondary N) is 1. The van der Waals surface area contributed by atoms with Crippen LogP contribution in [0.5, 0.6) is 0 Å². The summed E-state index contributed by atoms with van der Waals surface area (Å²) < 4.78 is 10.0. The van der Waals surface area contributed by atoms with Crippen molar-refractivity contribution in [1.82, 2.24) is 5.32 Å². The second-order valence-corrected chi connectivity index (χ2v) is 3.39. The molecule has 4 heteroatoms. The van der Waals surface area contributed by atoms with Gasteiger partial charge in [0.15, 0.2) is 0 Å². The van der Waals surface area contributed by atoms with Gasteiger partial charge >= 0.3 is 5.97 Å². The first-order valence-corrected chi connectivity index (χ1v) is 4.64. The Bertz CT molecular complexity index is 166. The second kappa shape index (κ2) is 5.19. The number of carbonyl (C=O) groups is 1. The van der Waals surface area contributed by atoms with Crippen LogP contribution in [0.2, 0.25) is 0 Å². The molecule has 1 saturated heterocycles. The molecule has 76 valence electrons. The van der Waals surface area contributed by atoms with E-state index in [2.05, 4.69) is 5.32 Å². The maximum absolute atomic E-state index is 11.4. The highest BCUT2D eigenvalue weighted by molar-refractivity contribution is 5.73. The Morgan fingerprint density at radius 2 is 2.46 bits per heavy atom.